The van der Waals surface area contributed by atoms with Crippen molar-refractivity contribution in [3.63, 3.8) is 0 Å². The number of ether oxygens (including phenoxy) is 6. The van der Waals surface area contributed by atoms with Crippen LogP contribution in [0.5, 0.6) is 0 Å². The molecular formula is C64H126O21Si10. The van der Waals surface area contributed by atoms with Crippen LogP contribution in [-0.2, 0) is 94.2 Å². The Morgan fingerprint density at radius 3 is 0.821 bits per heavy atom. The number of hydrogen-bond acceptors (Lipinski definition) is 21. The first-order valence-corrected chi connectivity index (χ1v) is 59.3. The molecule has 10 unspecified atom stereocenters. The number of esters is 6. The summed E-state index contributed by atoms with van der Waals surface area (Å²) in [6, 6.07) is 7.16. The van der Waals surface area contributed by atoms with Crippen LogP contribution >= 0.6 is 0 Å². The van der Waals surface area contributed by atoms with Crippen LogP contribution in [0.2, 0.25) is 139 Å². The monoisotopic (exact) mass is 1510 g/mol. The Balaban J connectivity index is 0.00000185. The van der Waals surface area contributed by atoms with Gasteiger partial charge in [-0.1, -0.05) is 54.3 Å². The maximum Gasteiger partial charge on any atom is 0.333 e. The molecule has 3 fully saturated rings. The van der Waals surface area contributed by atoms with Crippen LogP contribution in [0.25, 0.3) is 0 Å². The van der Waals surface area contributed by atoms with E-state index in [1.807, 2.05) is 40.0 Å². The average Bonchev–Trinajstić information content (AvgIpc) is 0.771. The van der Waals surface area contributed by atoms with Gasteiger partial charge in [0.25, 0.3) is 0 Å². The molecule has 3 rings (SSSR count). The number of rotatable bonds is 32. The molecule has 0 N–H and O–H groups in total. The number of hydrogen-bond donors (Lipinski definition) is 0. The molecule has 3 saturated heterocycles. The van der Waals surface area contributed by atoms with Crippen molar-refractivity contribution in [2.75, 3.05) is 26.4 Å². The van der Waals surface area contributed by atoms with Crippen LogP contribution in [0.3, 0.4) is 0 Å². The third-order valence-electron chi connectivity index (χ3n) is 15.6. The van der Waals surface area contributed by atoms with E-state index in [-0.39, 0.29) is 53.4 Å². The molecule has 0 aromatic carbocycles. The maximum absolute atomic E-state index is 12.2. The average molecular weight is 1510 g/mol. The van der Waals surface area contributed by atoms with E-state index in [0.29, 0.717) is 121 Å². The topological polar surface area (TPSA) is 241 Å². The molecule has 0 aromatic heterocycles. The molecule has 3 aliphatic rings. The first kappa shape index (κ1) is 92.1. The third kappa shape index (κ3) is 35.3. The van der Waals surface area contributed by atoms with Crippen molar-refractivity contribution >= 4 is 121 Å². The van der Waals surface area contributed by atoms with Gasteiger partial charge in [0.2, 0.25) is 0 Å². The van der Waals surface area contributed by atoms with Crippen molar-refractivity contribution in [1.82, 2.24) is 0 Å². The van der Waals surface area contributed by atoms with E-state index in [9.17, 15) is 28.8 Å². The molecule has 0 radical (unpaired) electrons. The predicted molar refractivity (Wildman–Crippen MR) is 400 cm³/mol. The fourth-order valence-electron chi connectivity index (χ4n) is 11.2. The van der Waals surface area contributed by atoms with Gasteiger partial charge in [-0.2, -0.15) is 0 Å². The largest absolute Gasteiger partial charge is 0.462 e. The normalized spacial score (nSPS) is 28.5. The van der Waals surface area contributed by atoms with Gasteiger partial charge in [-0.25, -0.2) is 28.8 Å². The van der Waals surface area contributed by atoms with Crippen LogP contribution in [0.1, 0.15) is 122 Å². The molecule has 0 aliphatic carbocycles. The number of fused-ring (bicyclic) bond motifs is 2. The zero-order chi connectivity index (χ0) is 71.2. The van der Waals surface area contributed by atoms with Crippen molar-refractivity contribution < 1.29 is 94.2 Å². The zero-order valence-corrected chi connectivity index (χ0v) is 70.5. The van der Waals surface area contributed by atoms with E-state index in [2.05, 4.69) is 91.8 Å². The fourth-order valence-corrected chi connectivity index (χ4v) is 71.8. The van der Waals surface area contributed by atoms with Gasteiger partial charge < -0.3 is 65.5 Å². The smallest absolute Gasteiger partial charge is 0.333 e. The van der Waals surface area contributed by atoms with Gasteiger partial charge >= 0.3 is 104 Å². The van der Waals surface area contributed by atoms with E-state index in [4.69, 9.17) is 65.5 Å². The van der Waals surface area contributed by atoms with Crippen LogP contribution in [0.15, 0.2) is 72.9 Å². The highest BCUT2D eigenvalue weighted by molar-refractivity contribution is 6.96. The molecule has 3 aliphatic heterocycles. The summed E-state index contributed by atoms with van der Waals surface area (Å²) in [5.74, 6) is -2.53. The summed E-state index contributed by atoms with van der Waals surface area (Å²) in [6.45, 7) is 62.3. The van der Waals surface area contributed by atoms with Crippen LogP contribution in [0, 0.1) is 0 Å². The molecular weight excluding hydrogens is 1390 g/mol. The Morgan fingerprint density at radius 2 is 0.547 bits per heavy atom. The van der Waals surface area contributed by atoms with E-state index >= 15 is 0 Å². The predicted octanol–water partition coefficient (Wildman–Crippen LogP) is 16.0. The third-order valence-corrected chi connectivity index (χ3v) is 61.3. The first-order chi connectivity index (χ1) is 42.5. The lowest BCUT2D eigenvalue weighted by Gasteiger charge is -2.52. The Labute approximate surface area is 583 Å². The highest BCUT2D eigenvalue weighted by atomic mass is 28.5. The van der Waals surface area contributed by atoms with Gasteiger partial charge in [-0.05, 0) is 246 Å². The lowest BCUT2D eigenvalue weighted by molar-refractivity contribution is -0.144. The molecule has 10 atom stereocenters. The second kappa shape index (κ2) is 39.9. The quantitative estimate of drug-likeness (QED) is 0.0200. The van der Waals surface area contributed by atoms with E-state index in [1.54, 1.807) is 41.5 Å². The highest BCUT2D eigenvalue weighted by Gasteiger charge is 2.59. The SMILES string of the molecule is C.C.C=C(C)C(=O)OCCCC[Si]1(C)O[Si](C)(CCCCOC(=O)C(=C)C)O[Si](C)(CCC(C)OC(=O)C(=C)C)O[Si](C)(CCCOC(=O)C(=C)C)O1.C=C(C)C(=O)OCCC[Si]1(C)O[Si](C)(CCC(C)OC(=O)C(=C)C)O[Si]2(C)CC[Si](C)(C)O[Si](C)(C)CC[Si](C)(O1)O2. The summed E-state index contributed by atoms with van der Waals surface area (Å²) in [5, 5.41) is 0. The Hall–Kier alpha value is -2.93. The lowest BCUT2D eigenvalue weighted by Crippen LogP contribution is -2.68. The molecule has 31 heteroatoms. The Bertz CT molecular complexity index is 2670. The second-order valence-corrected chi connectivity index (χ2v) is 65.9. The summed E-state index contributed by atoms with van der Waals surface area (Å²) in [7, 11) is -27.1. The van der Waals surface area contributed by atoms with E-state index in [1.165, 1.54) is 0 Å². The summed E-state index contributed by atoms with van der Waals surface area (Å²) >= 11 is 0. The van der Waals surface area contributed by atoms with Gasteiger partial charge in [-0.3, -0.25) is 0 Å². The highest BCUT2D eigenvalue weighted by Crippen LogP contribution is 2.43. The molecule has 3 heterocycles. The van der Waals surface area contributed by atoms with Gasteiger partial charge in [0.15, 0.2) is 16.6 Å². The summed E-state index contributed by atoms with van der Waals surface area (Å²) in [4.78, 5) is 72.2. The van der Waals surface area contributed by atoms with Crippen molar-refractivity contribution in [1.29, 1.82) is 0 Å². The molecule has 0 spiro atoms. The maximum atomic E-state index is 12.2. The second-order valence-electron chi connectivity index (χ2n) is 28.4. The minimum atomic E-state index is -3.06. The van der Waals surface area contributed by atoms with Crippen molar-refractivity contribution in [3.05, 3.63) is 72.9 Å². The zero-order valence-electron chi connectivity index (χ0n) is 60.5. The number of unbranched alkanes of at least 4 members (excludes halogenated alkanes) is 2. The lowest BCUT2D eigenvalue weighted by atomic mass is 10.3. The van der Waals surface area contributed by atoms with Crippen LogP contribution < -0.4 is 0 Å². The summed E-state index contributed by atoms with van der Waals surface area (Å²) in [5.41, 5.74) is 2.10. The molecule has 0 saturated carbocycles. The fraction of sp³-hybridized carbons (Fsp3) is 0.719. The molecule has 0 aromatic rings. The standard InChI is InChI=1S/C35H62O12Si4.C27H56O9Si6.2CH4/c1-27(2)32(36)40-20-14-16-23-48(10)44-49(11,24-17-15-21-41-33(37)28(3)4)46-51(13,26-19-31(9)43-35(39)30(7)8)47-50(12,45-48)25-18-22-42-34(38)29(5)6;1-23(2)26(28)30-16-14-17-39(10)33-40(11,18-15-25(5)31-27(29)24(3)4)35-42(13)22-20-38(8,9)32-37(6,7)19-21-41(12,34-39)36-42;;/h31H,1,3,5,7,14-26H2,2,4,6,8-13H3;25H,1,3,14-22H2,2,4-13H3;2*1H4. The number of carbonyl (C=O) groups is 6. The van der Waals surface area contributed by atoms with Gasteiger partial charge in [0, 0.05) is 33.4 Å². The molecule has 0 amide bonds. The molecule has 21 nitrogen and oxygen atoms in total. The van der Waals surface area contributed by atoms with Crippen LogP contribution in [0.4, 0.5) is 0 Å². The van der Waals surface area contributed by atoms with Gasteiger partial charge in [-0.15, -0.1) is 0 Å². The minimum absolute atomic E-state index is 0. The first-order valence-electron chi connectivity index (χ1n) is 32.9. The van der Waals surface area contributed by atoms with E-state index < -0.39 is 121 Å². The summed E-state index contributed by atoms with van der Waals surface area (Å²) < 4.78 is 96.8. The van der Waals surface area contributed by atoms with Crippen molar-refractivity contribution in [2.45, 2.75) is 273 Å². The Morgan fingerprint density at radius 1 is 0.316 bits per heavy atom. The number of carbonyl (C=O) groups excluding carboxylic acids is 6. The van der Waals surface area contributed by atoms with Crippen LogP contribution in [-0.4, -0.2) is 160 Å². The van der Waals surface area contributed by atoms with E-state index in [0.717, 1.165) is 24.2 Å². The minimum Gasteiger partial charge on any atom is -0.462 e. The van der Waals surface area contributed by atoms with Gasteiger partial charge in [0.05, 0.1) is 38.6 Å². The Kier molecular flexibility index (Phi) is 38.7. The molecule has 548 valence electrons. The molecule has 95 heavy (non-hydrogen) atoms. The van der Waals surface area contributed by atoms with Gasteiger partial charge in [0.1, 0.15) is 0 Å². The van der Waals surface area contributed by atoms with Crippen molar-refractivity contribution in [3.8, 4) is 0 Å². The van der Waals surface area contributed by atoms with Crippen molar-refractivity contribution in [2.24, 2.45) is 0 Å². The summed E-state index contributed by atoms with van der Waals surface area (Å²) in [6.07, 6.45) is 4.13. The molecule has 2 bridgehead atoms.